The molecule has 32 heavy (non-hydrogen) atoms. The number of hydrogen-bond acceptors (Lipinski definition) is 6. The second-order valence-corrected chi connectivity index (χ2v) is 9.33. The lowest BCUT2D eigenvalue weighted by Gasteiger charge is -2.31. The van der Waals surface area contributed by atoms with Crippen LogP contribution in [0.3, 0.4) is 0 Å². The number of nitrogens with one attached hydrogen (secondary N) is 1. The maximum atomic E-state index is 13.1. The van der Waals surface area contributed by atoms with Gasteiger partial charge in [0.1, 0.15) is 17.2 Å². The van der Waals surface area contributed by atoms with Gasteiger partial charge in [0.15, 0.2) is 0 Å². The van der Waals surface area contributed by atoms with E-state index in [4.69, 9.17) is 14.2 Å². The van der Waals surface area contributed by atoms with E-state index in [0.29, 0.717) is 55.5 Å². The van der Waals surface area contributed by atoms with Gasteiger partial charge >= 0.3 is 0 Å². The van der Waals surface area contributed by atoms with E-state index < -0.39 is 15.9 Å². The summed E-state index contributed by atoms with van der Waals surface area (Å²) in [6.45, 7) is 5.20. The van der Waals surface area contributed by atoms with Gasteiger partial charge in [0.05, 0.1) is 36.8 Å². The van der Waals surface area contributed by atoms with Crippen molar-refractivity contribution in [3.63, 3.8) is 0 Å². The molecular formula is C23H30N2O6S. The summed E-state index contributed by atoms with van der Waals surface area (Å²) in [5, 5.41) is 2.91. The van der Waals surface area contributed by atoms with Crippen LogP contribution in [0, 0.1) is 5.92 Å². The summed E-state index contributed by atoms with van der Waals surface area (Å²) >= 11 is 0. The van der Waals surface area contributed by atoms with Crippen LogP contribution >= 0.6 is 0 Å². The van der Waals surface area contributed by atoms with Crippen LogP contribution in [0.2, 0.25) is 0 Å². The summed E-state index contributed by atoms with van der Waals surface area (Å²) in [7, 11) is -2.18. The molecule has 2 aromatic carbocycles. The number of benzene rings is 2. The first-order chi connectivity index (χ1) is 15.4. The van der Waals surface area contributed by atoms with Crippen molar-refractivity contribution in [3.8, 4) is 17.2 Å². The second kappa shape index (κ2) is 10.7. The normalized spacial score (nSPS) is 16.9. The van der Waals surface area contributed by atoms with Gasteiger partial charge in [-0.2, -0.15) is 4.31 Å². The van der Waals surface area contributed by atoms with E-state index in [1.165, 1.54) is 23.5 Å². The Balaban J connectivity index is 1.75. The average molecular weight is 463 g/mol. The summed E-state index contributed by atoms with van der Waals surface area (Å²) in [6, 6.07) is 11.5. The average Bonchev–Trinajstić information content (AvgIpc) is 2.81. The molecule has 8 nitrogen and oxygen atoms in total. The van der Waals surface area contributed by atoms with Crippen molar-refractivity contribution in [1.29, 1.82) is 0 Å². The summed E-state index contributed by atoms with van der Waals surface area (Å²) in [5.41, 5.74) is 0.512. The van der Waals surface area contributed by atoms with E-state index in [0.717, 1.165) is 0 Å². The maximum absolute atomic E-state index is 13.1. The largest absolute Gasteiger partial charge is 0.497 e. The van der Waals surface area contributed by atoms with E-state index in [2.05, 4.69) is 5.32 Å². The first kappa shape index (κ1) is 23.9. The molecule has 2 aromatic rings. The van der Waals surface area contributed by atoms with Crippen molar-refractivity contribution >= 4 is 21.6 Å². The molecule has 1 atom stereocenters. The lowest BCUT2D eigenvalue weighted by atomic mass is 9.98. The number of sulfonamides is 1. The fourth-order valence-electron chi connectivity index (χ4n) is 3.65. The van der Waals surface area contributed by atoms with Gasteiger partial charge in [-0.3, -0.25) is 4.79 Å². The molecule has 1 fully saturated rings. The first-order valence-corrected chi connectivity index (χ1v) is 12.2. The molecule has 1 aliphatic heterocycles. The van der Waals surface area contributed by atoms with Gasteiger partial charge in [-0.15, -0.1) is 0 Å². The van der Waals surface area contributed by atoms with E-state index in [9.17, 15) is 13.2 Å². The molecule has 1 saturated heterocycles. The predicted molar refractivity (Wildman–Crippen MR) is 122 cm³/mol. The van der Waals surface area contributed by atoms with Crippen LogP contribution in [-0.4, -0.2) is 52.0 Å². The Morgan fingerprint density at radius 3 is 2.41 bits per heavy atom. The third-order valence-corrected chi connectivity index (χ3v) is 7.15. The van der Waals surface area contributed by atoms with Crippen LogP contribution in [0.5, 0.6) is 17.2 Å². The fourth-order valence-corrected chi connectivity index (χ4v) is 5.17. The number of anilines is 1. The zero-order valence-corrected chi connectivity index (χ0v) is 19.5. The number of rotatable bonds is 9. The lowest BCUT2D eigenvalue weighted by Crippen LogP contribution is -2.43. The second-order valence-electron chi connectivity index (χ2n) is 7.39. The van der Waals surface area contributed by atoms with E-state index in [1.54, 1.807) is 30.3 Å². The van der Waals surface area contributed by atoms with Crippen LogP contribution < -0.4 is 19.5 Å². The molecule has 0 spiro atoms. The molecule has 1 amide bonds. The topological polar surface area (TPSA) is 94.2 Å². The van der Waals surface area contributed by atoms with E-state index in [-0.39, 0.29) is 17.3 Å². The number of ether oxygens (including phenoxy) is 3. The van der Waals surface area contributed by atoms with Gasteiger partial charge in [-0.1, -0.05) is 0 Å². The first-order valence-electron chi connectivity index (χ1n) is 10.7. The zero-order valence-electron chi connectivity index (χ0n) is 18.7. The molecule has 0 aromatic heterocycles. The van der Waals surface area contributed by atoms with E-state index >= 15 is 0 Å². The van der Waals surface area contributed by atoms with Crippen molar-refractivity contribution in [1.82, 2.24) is 4.31 Å². The number of amides is 1. The standard InChI is InChI=1S/C23H30N2O6S/c1-4-30-19-10-13-22(31-5-2)21(15-19)24-23(26)17-7-6-14-25(16-17)32(27,28)20-11-8-18(29-3)9-12-20/h8-13,15,17H,4-7,14,16H2,1-3H3,(H,24,26). The van der Waals surface area contributed by atoms with Crippen molar-refractivity contribution < 1.29 is 27.4 Å². The highest BCUT2D eigenvalue weighted by Gasteiger charge is 2.33. The van der Waals surface area contributed by atoms with Gasteiger partial charge < -0.3 is 19.5 Å². The Labute approximate surface area is 189 Å². The Kier molecular flexibility index (Phi) is 7.98. The third-order valence-electron chi connectivity index (χ3n) is 5.27. The fraction of sp³-hybridized carbons (Fsp3) is 0.435. The van der Waals surface area contributed by atoms with Crippen LogP contribution in [0.1, 0.15) is 26.7 Å². The van der Waals surface area contributed by atoms with Crippen molar-refractivity contribution in [2.75, 3.05) is 38.7 Å². The molecule has 0 saturated carbocycles. The van der Waals surface area contributed by atoms with Crippen LogP contribution in [0.4, 0.5) is 5.69 Å². The molecule has 0 radical (unpaired) electrons. The summed E-state index contributed by atoms with van der Waals surface area (Å²) in [5.74, 6) is 1.04. The Morgan fingerprint density at radius 1 is 1.06 bits per heavy atom. The minimum atomic E-state index is -3.70. The summed E-state index contributed by atoms with van der Waals surface area (Å²) in [6.07, 6.45) is 1.21. The maximum Gasteiger partial charge on any atom is 0.243 e. The molecule has 174 valence electrons. The van der Waals surface area contributed by atoms with Gasteiger partial charge in [-0.05, 0) is 63.1 Å². The predicted octanol–water partition coefficient (Wildman–Crippen LogP) is 3.53. The van der Waals surface area contributed by atoms with Crippen molar-refractivity contribution in [3.05, 3.63) is 42.5 Å². The molecule has 0 bridgehead atoms. The van der Waals surface area contributed by atoms with Gasteiger partial charge in [0, 0.05) is 19.2 Å². The number of piperidine rings is 1. The smallest absolute Gasteiger partial charge is 0.243 e. The molecule has 9 heteroatoms. The highest BCUT2D eigenvalue weighted by atomic mass is 32.2. The third kappa shape index (κ3) is 5.52. The lowest BCUT2D eigenvalue weighted by molar-refractivity contribution is -0.120. The van der Waals surface area contributed by atoms with Crippen molar-refractivity contribution in [2.45, 2.75) is 31.6 Å². The molecule has 0 aliphatic carbocycles. The highest BCUT2D eigenvalue weighted by molar-refractivity contribution is 7.89. The van der Waals surface area contributed by atoms with Crippen LogP contribution in [0.25, 0.3) is 0 Å². The number of nitrogens with zero attached hydrogens (tertiary/aromatic N) is 1. The molecule has 1 N–H and O–H groups in total. The van der Waals surface area contributed by atoms with Gasteiger partial charge in [-0.25, -0.2) is 8.42 Å². The molecule has 1 heterocycles. The van der Waals surface area contributed by atoms with E-state index in [1.807, 2.05) is 13.8 Å². The minimum absolute atomic E-state index is 0.120. The zero-order chi connectivity index (χ0) is 23.1. The summed E-state index contributed by atoms with van der Waals surface area (Å²) in [4.78, 5) is 13.2. The van der Waals surface area contributed by atoms with Crippen LogP contribution in [-0.2, 0) is 14.8 Å². The Bertz CT molecular complexity index is 1020. The monoisotopic (exact) mass is 462 g/mol. The SMILES string of the molecule is CCOc1ccc(OCC)c(NC(=O)C2CCCN(S(=O)(=O)c3ccc(OC)cc3)C2)c1. The van der Waals surface area contributed by atoms with Gasteiger partial charge in [0.25, 0.3) is 0 Å². The van der Waals surface area contributed by atoms with Crippen molar-refractivity contribution in [2.24, 2.45) is 5.92 Å². The minimum Gasteiger partial charge on any atom is -0.497 e. The number of methoxy groups -OCH3 is 1. The quantitative estimate of drug-likeness (QED) is 0.613. The summed E-state index contributed by atoms with van der Waals surface area (Å²) < 4.78 is 43.8. The Morgan fingerprint density at radius 2 is 1.75 bits per heavy atom. The molecule has 3 rings (SSSR count). The molecular weight excluding hydrogens is 432 g/mol. The molecule has 1 unspecified atom stereocenters. The number of carbonyl (C=O) groups excluding carboxylic acids is 1. The number of carbonyl (C=O) groups is 1. The Hall–Kier alpha value is -2.78. The van der Waals surface area contributed by atoms with Gasteiger partial charge in [0.2, 0.25) is 15.9 Å². The number of hydrogen-bond donors (Lipinski definition) is 1. The highest BCUT2D eigenvalue weighted by Crippen LogP contribution is 2.31. The molecule has 1 aliphatic rings. The van der Waals surface area contributed by atoms with Crippen LogP contribution in [0.15, 0.2) is 47.4 Å².